The Hall–Kier alpha value is -2.80. The van der Waals surface area contributed by atoms with E-state index in [0.717, 1.165) is 18.6 Å². The molecule has 0 aliphatic carbocycles. The van der Waals surface area contributed by atoms with Gasteiger partial charge in [0.05, 0.1) is 0 Å². The highest BCUT2D eigenvalue weighted by molar-refractivity contribution is 6.07. The van der Waals surface area contributed by atoms with Crippen LogP contribution in [0.15, 0.2) is 42.5 Å². The Balaban J connectivity index is 1.78. The summed E-state index contributed by atoms with van der Waals surface area (Å²) in [4.78, 5) is 26.3. The Kier molecular flexibility index (Phi) is 5.81. The molecule has 142 valence electrons. The van der Waals surface area contributed by atoms with E-state index in [9.17, 15) is 18.4 Å². The van der Waals surface area contributed by atoms with Gasteiger partial charge in [0.2, 0.25) is 0 Å². The Morgan fingerprint density at radius 2 is 2.00 bits per heavy atom. The van der Waals surface area contributed by atoms with Crippen LogP contribution in [-0.4, -0.2) is 31.1 Å². The zero-order valence-corrected chi connectivity index (χ0v) is 14.9. The van der Waals surface area contributed by atoms with Crippen LogP contribution in [0.4, 0.5) is 20.2 Å². The van der Waals surface area contributed by atoms with Crippen molar-refractivity contribution in [2.24, 2.45) is 0 Å². The molecule has 1 N–H and O–H groups in total. The van der Waals surface area contributed by atoms with Gasteiger partial charge in [-0.1, -0.05) is 6.07 Å². The Labute approximate surface area is 155 Å². The first-order valence-electron chi connectivity index (χ1n) is 8.79. The minimum absolute atomic E-state index is 0.245. The monoisotopic (exact) mass is 374 g/mol. The summed E-state index contributed by atoms with van der Waals surface area (Å²) in [7, 11) is 0. The van der Waals surface area contributed by atoms with Gasteiger partial charge in [0.15, 0.2) is 11.6 Å². The van der Waals surface area contributed by atoms with Crippen LogP contribution in [0.25, 0.3) is 0 Å². The predicted octanol–water partition coefficient (Wildman–Crippen LogP) is 3.75. The number of hydrogen-bond donors (Lipinski definition) is 1. The lowest BCUT2D eigenvalue weighted by atomic mass is 10.1. The molecule has 0 bridgehead atoms. The smallest absolute Gasteiger partial charge is 0.258 e. The summed E-state index contributed by atoms with van der Waals surface area (Å²) in [6.45, 7) is 2.58. The molecular formula is C20H20F2N2O3. The van der Waals surface area contributed by atoms with Crippen molar-refractivity contribution in [2.75, 3.05) is 23.4 Å². The molecule has 0 spiro atoms. The average molecular weight is 374 g/mol. The van der Waals surface area contributed by atoms with Gasteiger partial charge in [0.1, 0.15) is 6.10 Å². The zero-order chi connectivity index (χ0) is 19.4. The summed E-state index contributed by atoms with van der Waals surface area (Å²) >= 11 is 0. The first kappa shape index (κ1) is 19.0. The fourth-order valence-corrected chi connectivity index (χ4v) is 2.99. The average Bonchev–Trinajstić information content (AvgIpc) is 3.20. The van der Waals surface area contributed by atoms with Crippen molar-refractivity contribution in [2.45, 2.75) is 25.9 Å². The lowest BCUT2D eigenvalue weighted by Gasteiger charge is -2.21. The van der Waals surface area contributed by atoms with Crippen LogP contribution >= 0.6 is 0 Å². The molecule has 2 amide bonds. The SMILES string of the molecule is CCN(C(=O)c1cccc(NC(=O)C2CCCO2)c1)c1ccc(F)c(F)c1. The summed E-state index contributed by atoms with van der Waals surface area (Å²) in [5, 5.41) is 2.75. The van der Waals surface area contributed by atoms with Crippen LogP contribution in [0.1, 0.15) is 30.1 Å². The quantitative estimate of drug-likeness (QED) is 0.867. The third-order valence-corrected chi connectivity index (χ3v) is 4.38. The van der Waals surface area contributed by atoms with E-state index in [2.05, 4.69) is 5.32 Å². The molecule has 1 unspecified atom stereocenters. The summed E-state index contributed by atoms with van der Waals surface area (Å²) in [6, 6.07) is 9.81. The maximum absolute atomic E-state index is 13.5. The maximum atomic E-state index is 13.5. The number of nitrogens with one attached hydrogen (secondary N) is 1. The third kappa shape index (κ3) is 4.31. The second kappa shape index (κ2) is 8.26. The van der Waals surface area contributed by atoms with Crippen molar-refractivity contribution in [3.8, 4) is 0 Å². The molecule has 1 aliphatic heterocycles. The Morgan fingerprint density at radius 3 is 2.67 bits per heavy atom. The molecule has 1 fully saturated rings. The van der Waals surface area contributed by atoms with E-state index in [4.69, 9.17) is 4.74 Å². The van der Waals surface area contributed by atoms with Crippen molar-refractivity contribution in [3.05, 3.63) is 59.7 Å². The molecule has 2 aromatic carbocycles. The number of rotatable bonds is 5. The highest BCUT2D eigenvalue weighted by atomic mass is 19.2. The maximum Gasteiger partial charge on any atom is 0.258 e. The number of benzene rings is 2. The lowest BCUT2D eigenvalue weighted by molar-refractivity contribution is -0.124. The second-order valence-corrected chi connectivity index (χ2v) is 6.22. The van der Waals surface area contributed by atoms with Gasteiger partial charge in [-0.05, 0) is 50.1 Å². The van der Waals surface area contributed by atoms with Crippen LogP contribution in [0, 0.1) is 11.6 Å². The van der Waals surface area contributed by atoms with E-state index in [1.54, 1.807) is 31.2 Å². The first-order valence-corrected chi connectivity index (χ1v) is 8.79. The fraction of sp³-hybridized carbons (Fsp3) is 0.300. The number of halogens is 2. The molecule has 0 aromatic heterocycles. The third-order valence-electron chi connectivity index (χ3n) is 4.38. The molecule has 0 saturated carbocycles. The summed E-state index contributed by atoms with van der Waals surface area (Å²) in [6.07, 6.45) is 1.04. The Bertz CT molecular complexity index is 851. The molecule has 27 heavy (non-hydrogen) atoms. The van der Waals surface area contributed by atoms with Gasteiger partial charge in [-0.15, -0.1) is 0 Å². The van der Waals surface area contributed by atoms with Crippen molar-refractivity contribution in [3.63, 3.8) is 0 Å². The van der Waals surface area contributed by atoms with Gasteiger partial charge >= 0.3 is 0 Å². The number of carbonyl (C=O) groups excluding carboxylic acids is 2. The Morgan fingerprint density at radius 1 is 1.19 bits per heavy atom. The van der Waals surface area contributed by atoms with Gasteiger partial charge in [-0.25, -0.2) is 8.78 Å². The van der Waals surface area contributed by atoms with Gasteiger partial charge < -0.3 is 15.0 Å². The number of hydrogen-bond acceptors (Lipinski definition) is 3. The molecular weight excluding hydrogens is 354 g/mol. The molecule has 3 rings (SSSR count). The highest BCUT2D eigenvalue weighted by Crippen LogP contribution is 2.22. The van der Waals surface area contributed by atoms with Crippen LogP contribution < -0.4 is 10.2 Å². The van der Waals surface area contributed by atoms with Crippen molar-refractivity contribution >= 4 is 23.2 Å². The molecule has 1 aliphatic rings. The van der Waals surface area contributed by atoms with Crippen molar-refractivity contribution < 1.29 is 23.1 Å². The zero-order valence-electron chi connectivity index (χ0n) is 14.9. The molecule has 7 heteroatoms. The molecule has 1 saturated heterocycles. The van der Waals surface area contributed by atoms with Gasteiger partial charge in [-0.2, -0.15) is 0 Å². The summed E-state index contributed by atoms with van der Waals surface area (Å²) in [5.74, 6) is -2.61. The van der Waals surface area contributed by atoms with E-state index >= 15 is 0 Å². The fourth-order valence-electron chi connectivity index (χ4n) is 2.99. The topological polar surface area (TPSA) is 58.6 Å². The molecule has 5 nitrogen and oxygen atoms in total. The van der Waals surface area contributed by atoms with Gasteiger partial charge in [0.25, 0.3) is 11.8 Å². The molecule has 2 aromatic rings. The second-order valence-electron chi connectivity index (χ2n) is 6.22. The molecule has 1 atom stereocenters. The minimum Gasteiger partial charge on any atom is -0.368 e. The number of nitrogens with zero attached hydrogens (tertiary/aromatic N) is 1. The van der Waals surface area contributed by atoms with Gasteiger partial charge in [-0.3, -0.25) is 9.59 Å². The number of anilines is 2. The van der Waals surface area contributed by atoms with E-state index in [1.807, 2.05) is 0 Å². The van der Waals surface area contributed by atoms with Crippen molar-refractivity contribution in [1.29, 1.82) is 0 Å². The van der Waals surface area contributed by atoms with E-state index in [-0.39, 0.29) is 24.0 Å². The number of amides is 2. The summed E-state index contributed by atoms with van der Waals surface area (Å²) in [5.41, 5.74) is 1.06. The van der Waals surface area contributed by atoms with Crippen LogP contribution in [-0.2, 0) is 9.53 Å². The standard InChI is InChI=1S/C20H20F2N2O3/c1-2-24(15-8-9-16(21)17(22)12-15)20(26)13-5-3-6-14(11-13)23-19(25)18-7-4-10-27-18/h3,5-6,8-9,11-12,18H,2,4,7,10H2,1H3,(H,23,25). The largest absolute Gasteiger partial charge is 0.368 e. The lowest BCUT2D eigenvalue weighted by Crippen LogP contribution is -2.31. The van der Waals surface area contributed by atoms with E-state index in [0.29, 0.717) is 24.3 Å². The van der Waals surface area contributed by atoms with Crippen LogP contribution in [0.5, 0.6) is 0 Å². The number of carbonyl (C=O) groups is 2. The predicted molar refractivity (Wildman–Crippen MR) is 97.8 cm³/mol. The van der Waals surface area contributed by atoms with Crippen molar-refractivity contribution in [1.82, 2.24) is 0 Å². The normalized spacial score (nSPS) is 16.2. The first-order chi connectivity index (χ1) is 13.0. The molecule has 1 heterocycles. The van der Waals surface area contributed by atoms with Gasteiger partial charge in [0, 0.05) is 36.2 Å². The number of ether oxygens (including phenoxy) is 1. The van der Waals surface area contributed by atoms with Crippen LogP contribution in [0.2, 0.25) is 0 Å². The molecule has 0 radical (unpaired) electrons. The summed E-state index contributed by atoms with van der Waals surface area (Å²) < 4.78 is 32.0. The minimum atomic E-state index is -1.02. The highest BCUT2D eigenvalue weighted by Gasteiger charge is 2.24. The van der Waals surface area contributed by atoms with E-state index in [1.165, 1.54) is 11.0 Å². The van der Waals surface area contributed by atoms with Crippen LogP contribution in [0.3, 0.4) is 0 Å². The van der Waals surface area contributed by atoms with E-state index < -0.39 is 17.7 Å².